The number of piperidine rings is 1. The Bertz CT molecular complexity index is 977. The van der Waals surface area contributed by atoms with Crippen LogP contribution in [0.15, 0.2) is 48.0 Å². The molecule has 1 fully saturated rings. The van der Waals surface area contributed by atoms with Gasteiger partial charge in [0, 0.05) is 38.0 Å². The summed E-state index contributed by atoms with van der Waals surface area (Å²) in [6, 6.07) is 13.3. The Morgan fingerprint density at radius 1 is 1.14 bits per heavy atom. The molecule has 0 bridgehead atoms. The molecule has 0 aliphatic carbocycles. The van der Waals surface area contributed by atoms with Crippen molar-refractivity contribution in [1.29, 1.82) is 0 Å². The number of hydrogen-bond donors (Lipinski definition) is 1. The predicted octanol–water partition coefficient (Wildman–Crippen LogP) is 3.09. The van der Waals surface area contributed by atoms with Gasteiger partial charge in [0.2, 0.25) is 0 Å². The number of amides is 1. The first-order valence-corrected chi connectivity index (χ1v) is 9.97. The third-order valence-corrected chi connectivity index (χ3v) is 5.86. The van der Waals surface area contributed by atoms with Crippen molar-refractivity contribution >= 4 is 12.0 Å². The maximum absolute atomic E-state index is 12.5. The van der Waals surface area contributed by atoms with E-state index in [-0.39, 0.29) is 5.91 Å². The molecule has 29 heavy (non-hydrogen) atoms. The second-order valence-electron chi connectivity index (χ2n) is 7.82. The summed E-state index contributed by atoms with van der Waals surface area (Å²) in [5, 5.41) is 3.10. The first-order chi connectivity index (χ1) is 14.1. The van der Waals surface area contributed by atoms with Crippen LogP contribution >= 0.6 is 0 Å². The number of fused-ring (bicyclic) bond motifs is 2. The maximum Gasteiger partial charge on any atom is 0.258 e. The van der Waals surface area contributed by atoms with Crippen LogP contribution in [0.4, 0.5) is 0 Å². The molecule has 1 amide bonds. The van der Waals surface area contributed by atoms with E-state index in [0.29, 0.717) is 17.9 Å². The van der Waals surface area contributed by atoms with E-state index in [9.17, 15) is 4.79 Å². The van der Waals surface area contributed by atoms with E-state index in [0.717, 1.165) is 49.5 Å². The fraction of sp³-hybridized carbons (Fsp3) is 0.348. The van der Waals surface area contributed by atoms with Crippen molar-refractivity contribution < 1.29 is 19.0 Å². The highest BCUT2D eigenvalue weighted by Gasteiger charge is 2.42. The van der Waals surface area contributed by atoms with Crippen LogP contribution in [0.25, 0.3) is 6.08 Å². The Morgan fingerprint density at radius 2 is 1.97 bits per heavy atom. The van der Waals surface area contributed by atoms with E-state index < -0.39 is 5.72 Å². The second kappa shape index (κ2) is 7.12. The first-order valence-electron chi connectivity index (χ1n) is 9.97. The quantitative estimate of drug-likeness (QED) is 0.870. The molecule has 150 valence electrons. The highest BCUT2D eigenvalue weighted by molar-refractivity contribution is 5.98. The van der Waals surface area contributed by atoms with Crippen LogP contribution in [0.1, 0.15) is 28.8 Å². The van der Waals surface area contributed by atoms with Crippen LogP contribution in [0.5, 0.6) is 17.2 Å². The second-order valence-corrected chi connectivity index (χ2v) is 7.82. The van der Waals surface area contributed by atoms with Gasteiger partial charge in [-0.1, -0.05) is 12.1 Å². The van der Waals surface area contributed by atoms with Crippen molar-refractivity contribution in [3.05, 3.63) is 59.2 Å². The van der Waals surface area contributed by atoms with Gasteiger partial charge in [-0.3, -0.25) is 9.69 Å². The molecular weight excluding hydrogens is 368 g/mol. The summed E-state index contributed by atoms with van der Waals surface area (Å²) in [6.07, 6.45) is 3.71. The lowest BCUT2D eigenvalue weighted by Gasteiger charge is -2.44. The Labute approximate surface area is 170 Å². The predicted molar refractivity (Wildman–Crippen MR) is 109 cm³/mol. The summed E-state index contributed by atoms with van der Waals surface area (Å²) in [4.78, 5) is 14.9. The van der Waals surface area contributed by atoms with Crippen LogP contribution in [-0.4, -0.2) is 49.9 Å². The van der Waals surface area contributed by atoms with E-state index in [1.54, 1.807) is 13.2 Å². The van der Waals surface area contributed by atoms with Gasteiger partial charge in [0.25, 0.3) is 5.91 Å². The van der Waals surface area contributed by atoms with Crippen LogP contribution in [0.3, 0.4) is 0 Å². The van der Waals surface area contributed by atoms with Gasteiger partial charge in [0.15, 0.2) is 5.72 Å². The summed E-state index contributed by atoms with van der Waals surface area (Å²) in [5.74, 6) is 2.35. The molecule has 1 N–H and O–H groups in total. The highest BCUT2D eigenvalue weighted by Crippen LogP contribution is 2.34. The number of nitrogens with one attached hydrogen (secondary N) is 1. The number of likely N-dealkylation sites (tertiary alicyclic amines) is 1. The number of rotatable bonds is 3. The van der Waals surface area contributed by atoms with Gasteiger partial charge in [-0.15, -0.1) is 0 Å². The Kier molecular flexibility index (Phi) is 4.43. The molecule has 0 atom stereocenters. The largest absolute Gasteiger partial charge is 0.497 e. The molecule has 3 aliphatic rings. The van der Waals surface area contributed by atoms with Gasteiger partial charge in [-0.2, -0.15) is 0 Å². The zero-order chi connectivity index (χ0) is 19.8. The molecule has 1 spiro atoms. The molecule has 3 heterocycles. The Hall–Kier alpha value is -2.99. The van der Waals surface area contributed by atoms with Gasteiger partial charge >= 0.3 is 0 Å². The van der Waals surface area contributed by atoms with Crippen molar-refractivity contribution in [1.82, 2.24) is 10.2 Å². The molecule has 0 unspecified atom stereocenters. The van der Waals surface area contributed by atoms with Crippen molar-refractivity contribution in [2.45, 2.75) is 18.6 Å². The number of benzene rings is 2. The number of nitrogens with zero attached hydrogens (tertiary/aromatic N) is 1. The van der Waals surface area contributed by atoms with Gasteiger partial charge in [0.1, 0.15) is 23.9 Å². The minimum absolute atomic E-state index is 0.0470. The highest BCUT2D eigenvalue weighted by atomic mass is 16.5. The molecule has 0 radical (unpaired) electrons. The van der Waals surface area contributed by atoms with Crippen molar-refractivity contribution in [2.24, 2.45) is 0 Å². The third kappa shape index (κ3) is 3.44. The standard InChI is InChI=1S/C23H24N2O4/c1-27-18-6-7-20-17(13-18)12-16(15-28-20)14-25-10-8-23(9-11-25)24-22(26)19-4-2-3-5-21(19)29-23/h2-7,12-13H,8-11,14-15H2,1H3,(H,24,26). The summed E-state index contributed by atoms with van der Waals surface area (Å²) >= 11 is 0. The summed E-state index contributed by atoms with van der Waals surface area (Å²) in [5.41, 5.74) is 2.30. The fourth-order valence-corrected chi connectivity index (χ4v) is 4.26. The van der Waals surface area contributed by atoms with Gasteiger partial charge in [-0.05, 0) is 42.0 Å². The zero-order valence-corrected chi connectivity index (χ0v) is 16.4. The normalized spacial score (nSPS) is 19.9. The van der Waals surface area contributed by atoms with Crippen LogP contribution in [0.2, 0.25) is 0 Å². The molecule has 5 rings (SSSR count). The SMILES string of the molecule is COc1ccc2c(c1)C=C(CN1CCC3(CC1)NC(=O)c1ccccc1O3)CO2. The molecule has 2 aromatic carbocycles. The van der Waals surface area contributed by atoms with Gasteiger partial charge in [0.05, 0.1) is 12.7 Å². The zero-order valence-electron chi connectivity index (χ0n) is 16.4. The molecule has 0 saturated carbocycles. The van der Waals surface area contributed by atoms with Crippen LogP contribution in [-0.2, 0) is 0 Å². The average Bonchev–Trinajstić information content (AvgIpc) is 2.75. The molecule has 6 nitrogen and oxygen atoms in total. The molecule has 1 saturated heterocycles. The first kappa shape index (κ1) is 18.1. The number of ether oxygens (including phenoxy) is 3. The Balaban J connectivity index is 1.25. The molecule has 0 aromatic heterocycles. The van der Waals surface area contributed by atoms with E-state index >= 15 is 0 Å². The molecule has 2 aromatic rings. The fourth-order valence-electron chi connectivity index (χ4n) is 4.26. The number of para-hydroxylation sites is 1. The summed E-state index contributed by atoms with van der Waals surface area (Å²) in [6.45, 7) is 3.15. The lowest BCUT2D eigenvalue weighted by atomic mass is 9.96. The number of methoxy groups -OCH3 is 1. The maximum atomic E-state index is 12.5. The third-order valence-electron chi connectivity index (χ3n) is 5.86. The van der Waals surface area contributed by atoms with E-state index in [2.05, 4.69) is 16.3 Å². The van der Waals surface area contributed by atoms with Gasteiger partial charge < -0.3 is 19.5 Å². The van der Waals surface area contributed by atoms with E-state index in [4.69, 9.17) is 14.2 Å². The monoisotopic (exact) mass is 392 g/mol. The van der Waals surface area contributed by atoms with E-state index in [1.807, 2.05) is 36.4 Å². The minimum atomic E-state index is -0.598. The van der Waals surface area contributed by atoms with Gasteiger partial charge in [-0.25, -0.2) is 0 Å². The summed E-state index contributed by atoms with van der Waals surface area (Å²) < 4.78 is 17.5. The smallest absolute Gasteiger partial charge is 0.258 e. The Morgan fingerprint density at radius 3 is 2.79 bits per heavy atom. The number of carbonyl (C=O) groups excluding carboxylic acids is 1. The van der Waals surface area contributed by atoms with Crippen molar-refractivity contribution in [2.75, 3.05) is 33.4 Å². The summed E-state index contributed by atoms with van der Waals surface area (Å²) in [7, 11) is 1.67. The topological polar surface area (TPSA) is 60.0 Å². The minimum Gasteiger partial charge on any atom is -0.497 e. The van der Waals surface area contributed by atoms with Crippen LogP contribution < -0.4 is 19.5 Å². The molecule has 6 heteroatoms. The van der Waals surface area contributed by atoms with Crippen molar-refractivity contribution in [3.63, 3.8) is 0 Å². The molecular formula is C23H24N2O4. The van der Waals surface area contributed by atoms with Crippen molar-refractivity contribution in [3.8, 4) is 17.2 Å². The molecule has 3 aliphatic heterocycles. The van der Waals surface area contributed by atoms with E-state index in [1.165, 1.54) is 5.57 Å². The number of carbonyl (C=O) groups is 1. The average molecular weight is 392 g/mol. The van der Waals surface area contributed by atoms with Crippen LogP contribution in [0, 0.1) is 0 Å². The lowest BCUT2D eigenvalue weighted by Crippen LogP contribution is -2.61. The lowest BCUT2D eigenvalue weighted by molar-refractivity contribution is -0.0274. The number of hydrogen-bond acceptors (Lipinski definition) is 5.